The number of likely N-dealkylation sites (N-methyl/N-ethyl adjacent to an activating group) is 1. The highest BCUT2D eigenvalue weighted by Gasteiger charge is 2.42. The average Bonchev–Trinajstić information content (AvgIpc) is 3.64. The number of nitrogens with one attached hydrogen (secondary N) is 2. The molecule has 0 unspecified atom stereocenters. The molecule has 0 aliphatic carbocycles. The van der Waals surface area contributed by atoms with E-state index in [0.29, 0.717) is 50.3 Å². The summed E-state index contributed by atoms with van der Waals surface area (Å²) in [6.07, 6.45) is 5.68. The van der Waals surface area contributed by atoms with Crippen molar-refractivity contribution in [1.82, 2.24) is 24.4 Å². The lowest BCUT2D eigenvalue weighted by atomic mass is 9.99. The number of aromatic carboxylic acids is 1. The number of aromatic amines is 1. The number of aryl methyl sites for hydroxylation is 1. The zero-order valence-electron chi connectivity index (χ0n) is 22.6. The number of carboxylic acid groups (broad SMARTS) is 1. The third-order valence-corrected chi connectivity index (χ3v) is 8.97. The van der Waals surface area contributed by atoms with Crippen molar-refractivity contribution >= 4 is 61.9 Å². The lowest BCUT2D eigenvalue weighted by molar-refractivity contribution is 0.0695. The molecule has 3 N–H and O–H groups in total. The molecular formula is C29H27ClFN7O3. The molecule has 5 aromatic rings. The Balaban J connectivity index is 1.57. The van der Waals surface area contributed by atoms with Crippen molar-refractivity contribution < 1.29 is 14.3 Å². The van der Waals surface area contributed by atoms with Crippen LogP contribution in [0.4, 0.5) is 15.8 Å². The van der Waals surface area contributed by atoms with Gasteiger partial charge in [0.15, 0.2) is 0 Å². The number of hydrogen-bond donors (Lipinski definition) is 3. The zero-order valence-corrected chi connectivity index (χ0v) is 23.4. The fourth-order valence-electron chi connectivity index (χ4n) is 6.76. The van der Waals surface area contributed by atoms with Gasteiger partial charge in [0, 0.05) is 80.9 Å². The van der Waals surface area contributed by atoms with E-state index in [2.05, 4.69) is 32.1 Å². The summed E-state index contributed by atoms with van der Waals surface area (Å²) < 4.78 is 16.7. The molecule has 210 valence electrons. The maximum atomic E-state index is 15.1. The number of likely N-dealkylation sites (tertiary alicyclic amines) is 1. The average molecular weight is 576 g/mol. The monoisotopic (exact) mass is 575 g/mol. The molecule has 0 saturated carbocycles. The summed E-state index contributed by atoms with van der Waals surface area (Å²) in [6, 6.07) is 3.26. The second-order valence-electron chi connectivity index (χ2n) is 11.0. The molecule has 2 saturated heterocycles. The summed E-state index contributed by atoms with van der Waals surface area (Å²) in [5.41, 5.74) is 3.35. The van der Waals surface area contributed by atoms with Gasteiger partial charge in [-0.3, -0.25) is 4.79 Å². The van der Waals surface area contributed by atoms with E-state index in [1.54, 1.807) is 32.6 Å². The molecular weight excluding hydrogens is 549 g/mol. The molecule has 0 radical (unpaired) electrons. The zero-order chi connectivity index (χ0) is 28.7. The van der Waals surface area contributed by atoms with Gasteiger partial charge >= 0.3 is 5.97 Å². The summed E-state index contributed by atoms with van der Waals surface area (Å²) >= 11 is 6.66. The first kappa shape index (κ1) is 25.7. The van der Waals surface area contributed by atoms with Gasteiger partial charge in [-0.2, -0.15) is 0 Å². The van der Waals surface area contributed by atoms with Crippen molar-refractivity contribution in [1.29, 1.82) is 0 Å². The van der Waals surface area contributed by atoms with Crippen LogP contribution < -0.4 is 15.6 Å². The van der Waals surface area contributed by atoms with E-state index >= 15 is 4.39 Å². The maximum Gasteiger partial charge on any atom is 0.341 e. The number of aromatic nitrogens is 4. The van der Waals surface area contributed by atoms with Crippen molar-refractivity contribution in [3.05, 3.63) is 57.3 Å². The van der Waals surface area contributed by atoms with Crippen LogP contribution in [0.5, 0.6) is 0 Å². The number of benzene rings is 1. The van der Waals surface area contributed by atoms with Crippen LogP contribution in [0.25, 0.3) is 44.1 Å². The minimum absolute atomic E-state index is 0.00124. The van der Waals surface area contributed by atoms with Crippen LogP contribution in [0.2, 0.25) is 5.02 Å². The molecule has 7 rings (SSSR count). The van der Waals surface area contributed by atoms with Crippen LogP contribution in [0, 0.1) is 11.7 Å². The Labute approximate surface area is 238 Å². The molecule has 2 atom stereocenters. The molecule has 2 aliphatic heterocycles. The van der Waals surface area contributed by atoms with E-state index in [1.165, 1.54) is 16.8 Å². The Morgan fingerprint density at radius 2 is 2.00 bits per heavy atom. The molecule has 2 aliphatic rings. The highest BCUT2D eigenvalue weighted by Crippen LogP contribution is 2.48. The van der Waals surface area contributed by atoms with Crippen molar-refractivity contribution in [2.45, 2.75) is 12.5 Å². The normalized spacial score (nSPS) is 19.1. The Morgan fingerprint density at radius 1 is 1.20 bits per heavy atom. The minimum Gasteiger partial charge on any atom is -0.477 e. The molecule has 0 spiro atoms. The van der Waals surface area contributed by atoms with Gasteiger partial charge < -0.3 is 29.8 Å². The SMILES string of the molecule is CNc1cc(F)c(Cl)c2c1[nH]c1ncc(-c3cnc4c(c3)c(=O)c(C(=O)O)cn4C)c(N3CC[C@H]4CN(C)C[C@H]43)c12. The quantitative estimate of drug-likeness (QED) is 0.290. The standard InChI is InChI=1S/C29H27ClFN7O3/c1-32-19-7-18(31)23(30)21-22-25(38-5-4-13-10-36(2)12-20(13)38)16(9-33-27(22)35-24(19)21)14-6-15-26(39)17(29(40)41)11-37(3)28(15)34-8-14/h6-9,11,13,20,32H,4-5,10,12H2,1-3H3,(H,33,35)(H,40,41)/t13-,20+/m0/s1. The predicted octanol–water partition coefficient (Wildman–Crippen LogP) is 4.30. The van der Waals surface area contributed by atoms with E-state index in [0.717, 1.165) is 31.7 Å². The number of hydrogen-bond acceptors (Lipinski definition) is 7. The van der Waals surface area contributed by atoms with Crippen LogP contribution in [-0.4, -0.2) is 75.3 Å². The van der Waals surface area contributed by atoms with Crippen LogP contribution in [0.15, 0.2) is 35.5 Å². The molecule has 41 heavy (non-hydrogen) atoms. The molecule has 0 bridgehead atoms. The summed E-state index contributed by atoms with van der Waals surface area (Å²) in [4.78, 5) is 42.3. The molecule has 10 nitrogen and oxygen atoms in total. The minimum atomic E-state index is -1.30. The van der Waals surface area contributed by atoms with E-state index in [-0.39, 0.29) is 22.0 Å². The van der Waals surface area contributed by atoms with Gasteiger partial charge in [0.25, 0.3) is 0 Å². The second kappa shape index (κ2) is 9.15. The second-order valence-corrected chi connectivity index (χ2v) is 11.4. The van der Waals surface area contributed by atoms with Gasteiger partial charge in [-0.1, -0.05) is 11.6 Å². The Hall–Kier alpha value is -4.22. The predicted molar refractivity (Wildman–Crippen MR) is 158 cm³/mol. The molecule has 6 heterocycles. The first-order valence-corrected chi connectivity index (χ1v) is 13.7. The summed E-state index contributed by atoms with van der Waals surface area (Å²) in [6.45, 7) is 2.65. The number of rotatable bonds is 4. The van der Waals surface area contributed by atoms with Crippen molar-refractivity contribution in [3.63, 3.8) is 0 Å². The fourth-order valence-corrected chi connectivity index (χ4v) is 7.01. The van der Waals surface area contributed by atoms with Crippen LogP contribution in [0.3, 0.4) is 0 Å². The molecule has 4 aromatic heterocycles. The summed E-state index contributed by atoms with van der Waals surface area (Å²) in [5.74, 6) is -1.37. The van der Waals surface area contributed by atoms with Crippen LogP contribution in [0.1, 0.15) is 16.8 Å². The van der Waals surface area contributed by atoms with Crippen molar-refractivity contribution in [2.24, 2.45) is 13.0 Å². The molecule has 1 aromatic carbocycles. The van der Waals surface area contributed by atoms with Crippen molar-refractivity contribution in [2.75, 3.05) is 43.9 Å². The Kier molecular flexibility index (Phi) is 5.74. The van der Waals surface area contributed by atoms with Gasteiger partial charge in [-0.15, -0.1) is 0 Å². The Bertz CT molecular complexity index is 1990. The highest BCUT2D eigenvalue weighted by atomic mass is 35.5. The topological polar surface area (TPSA) is 119 Å². The van der Waals surface area contributed by atoms with E-state index in [9.17, 15) is 14.7 Å². The van der Waals surface area contributed by atoms with Gasteiger partial charge in [0.2, 0.25) is 5.43 Å². The smallest absolute Gasteiger partial charge is 0.341 e. The van der Waals surface area contributed by atoms with E-state index in [1.807, 2.05) is 0 Å². The van der Waals surface area contributed by atoms with E-state index < -0.39 is 17.2 Å². The number of carboxylic acids is 1. The third kappa shape index (κ3) is 3.72. The number of nitrogens with zero attached hydrogens (tertiary/aromatic N) is 5. The highest BCUT2D eigenvalue weighted by molar-refractivity contribution is 6.39. The van der Waals surface area contributed by atoms with Crippen molar-refractivity contribution in [3.8, 4) is 11.1 Å². The first-order valence-electron chi connectivity index (χ1n) is 13.4. The lowest BCUT2D eigenvalue weighted by Gasteiger charge is -2.29. The number of carbonyl (C=O) groups is 1. The Morgan fingerprint density at radius 3 is 2.76 bits per heavy atom. The maximum absolute atomic E-state index is 15.1. The molecule has 0 amide bonds. The number of halogens is 2. The van der Waals surface area contributed by atoms with E-state index in [4.69, 9.17) is 16.6 Å². The number of H-pyrrole nitrogens is 1. The number of anilines is 2. The number of pyridine rings is 3. The van der Waals surface area contributed by atoms with Gasteiger partial charge in [-0.05, 0) is 25.5 Å². The molecule has 12 heteroatoms. The number of fused-ring (bicyclic) bond motifs is 5. The first-order chi connectivity index (χ1) is 19.7. The summed E-state index contributed by atoms with van der Waals surface area (Å²) in [7, 11) is 5.49. The van der Waals surface area contributed by atoms with Gasteiger partial charge in [0.05, 0.1) is 32.7 Å². The largest absolute Gasteiger partial charge is 0.477 e. The van der Waals surface area contributed by atoms with Gasteiger partial charge in [0.1, 0.15) is 22.7 Å². The van der Waals surface area contributed by atoms with Crippen LogP contribution in [-0.2, 0) is 7.05 Å². The third-order valence-electron chi connectivity index (χ3n) is 8.61. The fraction of sp³-hybridized carbons (Fsp3) is 0.310. The van der Waals surface area contributed by atoms with Crippen LogP contribution >= 0.6 is 11.6 Å². The molecule has 2 fully saturated rings. The van der Waals surface area contributed by atoms with Gasteiger partial charge in [-0.25, -0.2) is 19.2 Å². The lowest BCUT2D eigenvalue weighted by Crippen LogP contribution is -2.35. The summed E-state index contributed by atoms with van der Waals surface area (Å²) in [5, 5.41) is 14.1.